The highest BCUT2D eigenvalue weighted by Gasteiger charge is 2.28. The third-order valence-electron chi connectivity index (χ3n) is 4.21. The lowest BCUT2D eigenvalue weighted by Crippen LogP contribution is -2.45. The van der Waals surface area contributed by atoms with Crippen LogP contribution in [-0.4, -0.2) is 29.5 Å². The molecule has 1 aliphatic carbocycles. The Morgan fingerprint density at radius 3 is 2.90 bits per heavy atom. The first-order chi connectivity index (χ1) is 9.58. The Morgan fingerprint density at radius 1 is 1.40 bits per heavy atom. The predicted octanol–water partition coefficient (Wildman–Crippen LogP) is 2.11. The van der Waals surface area contributed by atoms with E-state index >= 15 is 0 Å². The molecule has 3 atom stereocenters. The van der Waals surface area contributed by atoms with Gasteiger partial charge in [-0.15, -0.1) is 0 Å². The third-order valence-corrected chi connectivity index (χ3v) is 4.21. The van der Waals surface area contributed by atoms with Gasteiger partial charge in [-0.2, -0.15) is 0 Å². The average molecular weight is 278 g/mol. The predicted molar refractivity (Wildman–Crippen MR) is 75.2 cm³/mol. The molecule has 1 saturated carbocycles. The fourth-order valence-corrected chi connectivity index (χ4v) is 2.70. The highest BCUT2D eigenvalue weighted by atomic mass is 16.5. The molecule has 1 amide bonds. The maximum Gasteiger partial charge on any atom is 0.355 e. The van der Waals surface area contributed by atoms with Crippen molar-refractivity contribution in [2.24, 2.45) is 11.8 Å². The summed E-state index contributed by atoms with van der Waals surface area (Å²) in [6.07, 6.45) is 5.00. The topological polar surface area (TPSA) is 71.2 Å². The molecule has 1 aromatic rings. The summed E-state index contributed by atoms with van der Waals surface area (Å²) >= 11 is 0. The Hall–Kier alpha value is -1.78. The minimum Gasteiger partial charge on any atom is -0.451 e. The molecule has 0 radical (unpaired) electrons. The van der Waals surface area contributed by atoms with Crippen molar-refractivity contribution in [1.29, 1.82) is 0 Å². The fourth-order valence-electron chi connectivity index (χ4n) is 2.70. The Balaban J connectivity index is 1.76. The van der Waals surface area contributed by atoms with Gasteiger partial charge in [0.2, 0.25) is 0 Å². The van der Waals surface area contributed by atoms with Crippen LogP contribution < -0.4 is 5.32 Å². The van der Waals surface area contributed by atoms with Crippen molar-refractivity contribution in [2.45, 2.75) is 39.2 Å². The monoisotopic (exact) mass is 278 g/mol. The quantitative estimate of drug-likeness (QED) is 0.829. The minimum absolute atomic E-state index is 0.190. The first-order valence-corrected chi connectivity index (χ1v) is 7.18. The highest BCUT2D eigenvalue weighted by molar-refractivity contribution is 5.89. The summed E-state index contributed by atoms with van der Waals surface area (Å²) < 4.78 is 4.97. The second-order valence-electron chi connectivity index (χ2n) is 5.60. The first kappa shape index (κ1) is 14.6. The van der Waals surface area contributed by atoms with E-state index in [-0.39, 0.29) is 18.6 Å². The van der Waals surface area contributed by atoms with Crippen LogP contribution in [0.4, 0.5) is 0 Å². The molecule has 0 aliphatic heterocycles. The molecule has 5 heteroatoms. The number of ether oxygens (including phenoxy) is 1. The zero-order chi connectivity index (χ0) is 14.5. The molecule has 2 N–H and O–H groups in total. The van der Waals surface area contributed by atoms with Gasteiger partial charge >= 0.3 is 5.97 Å². The molecule has 0 aromatic carbocycles. The molecule has 20 heavy (non-hydrogen) atoms. The molecular weight excluding hydrogens is 256 g/mol. The zero-order valence-electron chi connectivity index (χ0n) is 12.0. The Kier molecular flexibility index (Phi) is 4.82. The number of amides is 1. The van der Waals surface area contributed by atoms with Gasteiger partial charge in [-0.05, 0) is 30.4 Å². The van der Waals surface area contributed by atoms with E-state index in [1.807, 2.05) is 0 Å². The van der Waals surface area contributed by atoms with Gasteiger partial charge in [-0.1, -0.05) is 26.7 Å². The van der Waals surface area contributed by atoms with Crippen LogP contribution in [0.5, 0.6) is 0 Å². The van der Waals surface area contributed by atoms with E-state index < -0.39 is 5.97 Å². The van der Waals surface area contributed by atoms with Crippen molar-refractivity contribution in [2.75, 3.05) is 6.61 Å². The lowest BCUT2D eigenvalue weighted by atomic mass is 9.78. The summed E-state index contributed by atoms with van der Waals surface area (Å²) in [5.41, 5.74) is 0.359. The van der Waals surface area contributed by atoms with Crippen LogP contribution >= 0.6 is 0 Å². The highest BCUT2D eigenvalue weighted by Crippen LogP contribution is 2.29. The smallest absolute Gasteiger partial charge is 0.355 e. The lowest BCUT2D eigenvalue weighted by molar-refractivity contribution is -0.125. The molecule has 0 bridgehead atoms. The van der Waals surface area contributed by atoms with Crippen LogP contribution in [0.2, 0.25) is 0 Å². The number of nitrogens with one attached hydrogen (secondary N) is 2. The first-order valence-electron chi connectivity index (χ1n) is 7.18. The summed E-state index contributed by atoms with van der Waals surface area (Å²) in [5, 5.41) is 2.97. The van der Waals surface area contributed by atoms with Gasteiger partial charge < -0.3 is 15.0 Å². The number of carbonyl (C=O) groups is 2. The molecule has 1 heterocycles. The fraction of sp³-hybridized carbons (Fsp3) is 0.600. The van der Waals surface area contributed by atoms with Gasteiger partial charge in [0.1, 0.15) is 5.69 Å². The minimum atomic E-state index is -0.504. The van der Waals surface area contributed by atoms with Crippen LogP contribution in [0.3, 0.4) is 0 Å². The third kappa shape index (κ3) is 3.62. The molecule has 0 unspecified atom stereocenters. The number of H-pyrrole nitrogens is 1. The van der Waals surface area contributed by atoms with Gasteiger partial charge in [-0.3, -0.25) is 4.79 Å². The van der Waals surface area contributed by atoms with E-state index in [0.29, 0.717) is 17.5 Å². The van der Waals surface area contributed by atoms with Gasteiger partial charge in [0.25, 0.3) is 5.91 Å². The molecule has 2 rings (SSSR count). The van der Waals surface area contributed by atoms with Crippen molar-refractivity contribution in [3.8, 4) is 0 Å². The van der Waals surface area contributed by atoms with Crippen molar-refractivity contribution < 1.29 is 14.3 Å². The molecule has 1 fully saturated rings. The van der Waals surface area contributed by atoms with Gasteiger partial charge in [0.15, 0.2) is 6.61 Å². The van der Waals surface area contributed by atoms with E-state index in [4.69, 9.17) is 4.74 Å². The van der Waals surface area contributed by atoms with E-state index in [2.05, 4.69) is 24.1 Å². The maximum absolute atomic E-state index is 11.8. The number of aromatic amines is 1. The average Bonchev–Trinajstić information content (AvgIpc) is 2.95. The summed E-state index contributed by atoms with van der Waals surface area (Å²) in [4.78, 5) is 26.2. The largest absolute Gasteiger partial charge is 0.451 e. The molecule has 5 nitrogen and oxygen atoms in total. The standard InChI is InChI=1S/C15H22N2O3/c1-10-5-3-6-12(11(10)2)17-14(18)9-20-15(19)13-7-4-8-16-13/h4,7-8,10-12,16H,3,5-6,9H2,1-2H3,(H,17,18)/t10-,11+,12-/m0/s1. The number of hydrogen-bond acceptors (Lipinski definition) is 3. The molecular formula is C15H22N2O3. The van der Waals surface area contributed by atoms with Crippen LogP contribution in [0.1, 0.15) is 43.6 Å². The van der Waals surface area contributed by atoms with E-state index in [9.17, 15) is 9.59 Å². The van der Waals surface area contributed by atoms with Crippen LogP contribution in [0, 0.1) is 11.8 Å². The number of carbonyl (C=O) groups excluding carboxylic acids is 2. The van der Waals surface area contributed by atoms with Crippen LogP contribution in [-0.2, 0) is 9.53 Å². The van der Waals surface area contributed by atoms with Crippen LogP contribution in [0.25, 0.3) is 0 Å². The zero-order valence-corrected chi connectivity index (χ0v) is 12.0. The molecule has 1 aromatic heterocycles. The molecule has 110 valence electrons. The van der Waals surface area contributed by atoms with Crippen LogP contribution in [0.15, 0.2) is 18.3 Å². The van der Waals surface area contributed by atoms with Crippen molar-refractivity contribution >= 4 is 11.9 Å². The van der Waals surface area contributed by atoms with Crippen molar-refractivity contribution in [1.82, 2.24) is 10.3 Å². The number of esters is 1. The Morgan fingerprint density at radius 2 is 2.20 bits per heavy atom. The SMILES string of the molecule is C[C@H]1[C@@H](NC(=O)COC(=O)c2ccc[nH]2)CCC[C@@H]1C. The maximum atomic E-state index is 11.8. The van der Waals surface area contributed by atoms with E-state index in [0.717, 1.165) is 12.8 Å². The normalized spacial score (nSPS) is 26.0. The Bertz CT molecular complexity index is 456. The second-order valence-corrected chi connectivity index (χ2v) is 5.60. The van der Waals surface area contributed by atoms with Gasteiger partial charge in [-0.25, -0.2) is 4.79 Å². The number of rotatable bonds is 4. The second kappa shape index (κ2) is 6.59. The van der Waals surface area contributed by atoms with Gasteiger partial charge in [0, 0.05) is 12.2 Å². The van der Waals surface area contributed by atoms with Crippen molar-refractivity contribution in [3.63, 3.8) is 0 Å². The van der Waals surface area contributed by atoms with Crippen molar-refractivity contribution in [3.05, 3.63) is 24.0 Å². The van der Waals surface area contributed by atoms with Gasteiger partial charge in [0.05, 0.1) is 0 Å². The summed E-state index contributed by atoms with van der Waals surface area (Å²) in [6, 6.07) is 3.52. The summed E-state index contributed by atoms with van der Waals surface area (Å²) in [5.74, 6) is 0.355. The molecule has 1 aliphatic rings. The molecule has 0 spiro atoms. The summed E-state index contributed by atoms with van der Waals surface area (Å²) in [7, 11) is 0. The van der Waals surface area contributed by atoms with E-state index in [1.54, 1.807) is 18.3 Å². The summed E-state index contributed by atoms with van der Waals surface area (Å²) in [6.45, 7) is 4.16. The number of aromatic nitrogens is 1. The van der Waals surface area contributed by atoms with E-state index in [1.165, 1.54) is 6.42 Å². The number of hydrogen-bond donors (Lipinski definition) is 2. The molecule has 0 saturated heterocycles. The lowest BCUT2D eigenvalue weighted by Gasteiger charge is -2.34. The Labute approximate surface area is 119 Å².